The molecule has 128 valence electrons. The van der Waals surface area contributed by atoms with Crippen molar-refractivity contribution in [1.82, 2.24) is 15.1 Å². The second-order valence-corrected chi connectivity index (χ2v) is 6.11. The van der Waals surface area contributed by atoms with Gasteiger partial charge in [0.2, 0.25) is 0 Å². The zero-order valence-electron chi connectivity index (χ0n) is 13.9. The van der Waals surface area contributed by atoms with E-state index in [0.29, 0.717) is 17.4 Å². The van der Waals surface area contributed by atoms with Gasteiger partial charge >= 0.3 is 6.03 Å². The monoisotopic (exact) mass is 354 g/mol. The highest BCUT2D eigenvalue weighted by Gasteiger charge is 2.10. The molecule has 2 amide bonds. The fourth-order valence-electron chi connectivity index (χ4n) is 2.49. The number of carbonyl (C=O) groups excluding carboxylic acids is 1. The van der Waals surface area contributed by atoms with E-state index in [1.807, 2.05) is 67.6 Å². The Morgan fingerprint density at radius 1 is 1.12 bits per heavy atom. The van der Waals surface area contributed by atoms with Gasteiger partial charge in [0, 0.05) is 17.6 Å². The van der Waals surface area contributed by atoms with E-state index >= 15 is 0 Å². The lowest BCUT2D eigenvalue weighted by Gasteiger charge is -2.10. The van der Waals surface area contributed by atoms with E-state index < -0.39 is 0 Å². The minimum atomic E-state index is -0.258. The number of benzene rings is 2. The van der Waals surface area contributed by atoms with Gasteiger partial charge in [-0.15, -0.1) is 0 Å². The summed E-state index contributed by atoms with van der Waals surface area (Å²) in [6.45, 7) is 2.43. The smallest absolute Gasteiger partial charge is 0.320 e. The van der Waals surface area contributed by atoms with Crippen molar-refractivity contribution in [1.29, 1.82) is 0 Å². The molecule has 2 N–H and O–H groups in total. The normalized spacial score (nSPS) is 10.5. The number of rotatable bonds is 5. The van der Waals surface area contributed by atoms with Crippen molar-refractivity contribution in [2.45, 2.75) is 13.3 Å². The molecule has 3 aromatic rings. The predicted octanol–water partition coefficient (Wildman–Crippen LogP) is 4.20. The molecule has 0 atom stereocenters. The van der Waals surface area contributed by atoms with E-state index in [4.69, 9.17) is 11.6 Å². The maximum Gasteiger partial charge on any atom is 0.320 e. The molecule has 1 aromatic heterocycles. The van der Waals surface area contributed by atoms with E-state index in [0.717, 1.165) is 23.4 Å². The Kier molecular flexibility index (Phi) is 5.36. The minimum Gasteiger partial charge on any atom is -0.337 e. The van der Waals surface area contributed by atoms with Gasteiger partial charge in [0.25, 0.3) is 0 Å². The third-order valence-electron chi connectivity index (χ3n) is 3.69. The standard InChI is InChI=1S/C19H19ClN4O/c1-14-13-18(24(23-14)17-5-3-2-4-6-17)22-19(25)21-12-11-15-7-9-16(20)10-8-15/h2-10,13H,11-12H2,1H3,(H2,21,22,25). The molecule has 1 heterocycles. The molecule has 0 bridgehead atoms. The number of hydrogen-bond donors (Lipinski definition) is 2. The van der Waals surface area contributed by atoms with Crippen LogP contribution in [0.25, 0.3) is 5.69 Å². The number of halogens is 1. The van der Waals surface area contributed by atoms with Crippen LogP contribution in [0.4, 0.5) is 10.6 Å². The van der Waals surface area contributed by atoms with Crippen LogP contribution in [-0.4, -0.2) is 22.4 Å². The van der Waals surface area contributed by atoms with Crippen LogP contribution in [0, 0.1) is 6.92 Å². The molecule has 25 heavy (non-hydrogen) atoms. The number of urea groups is 1. The molecule has 0 saturated heterocycles. The summed E-state index contributed by atoms with van der Waals surface area (Å²) in [5.41, 5.74) is 2.85. The van der Waals surface area contributed by atoms with Crippen LogP contribution in [0.1, 0.15) is 11.3 Å². The third kappa shape index (κ3) is 4.61. The quantitative estimate of drug-likeness (QED) is 0.721. The number of para-hydroxylation sites is 1. The minimum absolute atomic E-state index is 0.258. The summed E-state index contributed by atoms with van der Waals surface area (Å²) in [4.78, 5) is 12.2. The molecule has 5 nitrogen and oxygen atoms in total. The number of anilines is 1. The fraction of sp³-hybridized carbons (Fsp3) is 0.158. The average Bonchev–Trinajstić information content (AvgIpc) is 2.97. The molecule has 2 aromatic carbocycles. The number of hydrogen-bond acceptors (Lipinski definition) is 2. The zero-order valence-corrected chi connectivity index (χ0v) is 14.6. The van der Waals surface area contributed by atoms with Crippen LogP contribution in [0.3, 0.4) is 0 Å². The molecule has 0 saturated carbocycles. The van der Waals surface area contributed by atoms with E-state index in [-0.39, 0.29) is 6.03 Å². The number of nitrogens with one attached hydrogen (secondary N) is 2. The van der Waals surface area contributed by atoms with Gasteiger partial charge in [-0.2, -0.15) is 5.10 Å². The van der Waals surface area contributed by atoms with Crippen LogP contribution < -0.4 is 10.6 Å². The number of nitrogens with zero attached hydrogens (tertiary/aromatic N) is 2. The zero-order chi connectivity index (χ0) is 17.6. The van der Waals surface area contributed by atoms with Crippen LogP contribution in [0.2, 0.25) is 5.02 Å². The molecule has 0 unspecified atom stereocenters. The lowest BCUT2D eigenvalue weighted by atomic mass is 10.1. The van der Waals surface area contributed by atoms with Crippen molar-refractivity contribution < 1.29 is 4.79 Å². The third-order valence-corrected chi connectivity index (χ3v) is 3.94. The Hall–Kier alpha value is -2.79. The maximum atomic E-state index is 12.2. The first kappa shape index (κ1) is 17.0. The molecule has 6 heteroatoms. The average molecular weight is 355 g/mol. The van der Waals surface area contributed by atoms with Crippen molar-refractivity contribution in [3.8, 4) is 5.69 Å². The van der Waals surface area contributed by atoms with Crippen molar-refractivity contribution in [3.63, 3.8) is 0 Å². The van der Waals surface area contributed by atoms with E-state index in [2.05, 4.69) is 15.7 Å². The summed E-state index contributed by atoms with van der Waals surface area (Å²) in [5, 5.41) is 10.9. The van der Waals surface area contributed by atoms with Crippen molar-refractivity contribution >= 4 is 23.4 Å². The summed E-state index contributed by atoms with van der Waals surface area (Å²) < 4.78 is 1.72. The molecular weight excluding hydrogens is 336 g/mol. The summed E-state index contributed by atoms with van der Waals surface area (Å²) >= 11 is 5.87. The molecule has 3 rings (SSSR count). The van der Waals surface area contributed by atoms with Crippen molar-refractivity contribution in [3.05, 3.63) is 76.9 Å². The maximum absolute atomic E-state index is 12.2. The second kappa shape index (κ2) is 7.85. The fourth-order valence-corrected chi connectivity index (χ4v) is 2.61. The van der Waals surface area contributed by atoms with E-state index in [1.54, 1.807) is 4.68 Å². The summed E-state index contributed by atoms with van der Waals surface area (Å²) in [6, 6.07) is 18.9. The van der Waals surface area contributed by atoms with Crippen LogP contribution in [0.5, 0.6) is 0 Å². The Morgan fingerprint density at radius 3 is 2.56 bits per heavy atom. The summed E-state index contributed by atoms with van der Waals surface area (Å²) in [7, 11) is 0. The number of aromatic nitrogens is 2. The second-order valence-electron chi connectivity index (χ2n) is 5.68. The predicted molar refractivity (Wildman–Crippen MR) is 100 cm³/mol. The van der Waals surface area contributed by atoms with Crippen LogP contribution >= 0.6 is 11.6 Å². The van der Waals surface area contributed by atoms with E-state index in [1.165, 1.54) is 0 Å². The first-order chi connectivity index (χ1) is 12.1. The van der Waals surface area contributed by atoms with Gasteiger partial charge in [-0.1, -0.05) is 41.9 Å². The van der Waals surface area contributed by atoms with Crippen molar-refractivity contribution in [2.24, 2.45) is 0 Å². The molecule has 0 fully saturated rings. The van der Waals surface area contributed by atoms with Crippen molar-refractivity contribution in [2.75, 3.05) is 11.9 Å². The van der Waals surface area contributed by atoms with Crippen LogP contribution in [-0.2, 0) is 6.42 Å². The highest BCUT2D eigenvalue weighted by atomic mass is 35.5. The molecule has 0 spiro atoms. The number of amides is 2. The SMILES string of the molecule is Cc1cc(NC(=O)NCCc2ccc(Cl)cc2)n(-c2ccccc2)n1. The van der Waals surface area contributed by atoms with Gasteiger partial charge in [0.1, 0.15) is 5.82 Å². The van der Waals surface area contributed by atoms with E-state index in [9.17, 15) is 4.79 Å². The first-order valence-electron chi connectivity index (χ1n) is 8.03. The molecular formula is C19H19ClN4O. The van der Waals surface area contributed by atoms with Gasteiger partial charge in [-0.3, -0.25) is 5.32 Å². The van der Waals surface area contributed by atoms with Gasteiger partial charge in [-0.05, 0) is 43.2 Å². The first-order valence-corrected chi connectivity index (χ1v) is 8.41. The lowest BCUT2D eigenvalue weighted by molar-refractivity contribution is 0.252. The largest absolute Gasteiger partial charge is 0.337 e. The van der Waals surface area contributed by atoms with Gasteiger partial charge < -0.3 is 5.32 Å². The van der Waals surface area contributed by atoms with Gasteiger partial charge in [0.05, 0.1) is 11.4 Å². The Bertz CT molecular complexity index is 844. The molecule has 0 radical (unpaired) electrons. The highest BCUT2D eigenvalue weighted by molar-refractivity contribution is 6.30. The number of aryl methyl sites for hydroxylation is 1. The Labute approximate surface area is 151 Å². The molecule has 0 aliphatic carbocycles. The van der Waals surface area contributed by atoms with Crippen LogP contribution in [0.15, 0.2) is 60.7 Å². The lowest BCUT2D eigenvalue weighted by Crippen LogP contribution is -2.31. The van der Waals surface area contributed by atoms with Gasteiger partial charge in [0.15, 0.2) is 0 Å². The van der Waals surface area contributed by atoms with Gasteiger partial charge in [-0.25, -0.2) is 9.48 Å². The Balaban J connectivity index is 1.59. The topological polar surface area (TPSA) is 59.0 Å². The summed E-state index contributed by atoms with van der Waals surface area (Å²) in [6.07, 6.45) is 0.738. The highest BCUT2D eigenvalue weighted by Crippen LogP contribution is 2.16. The molecule has 0 aliphatic heterocycles. The summed E-state index contributed by atoms with van der Waals surface area (Å²) in [5.74, 6) is 0.632. The number of carbonyl (C=O) groups is 1. The molecule has 0 aliphatic rings. The Morgan fingerprint density at radius 2 is 1.84 bits per heavy atom.